The molecule has 1 unspecified atom stereocenters. The van der Waals surface area contributed by atoms with Gasteiger partial charge in [0.25, 0.3) is 5.91 Å². The molecule has 1 aromatic heterocycles. The van der Waals surface area contributed by atoms with E-state index in [0.29, 0.717) is 12.5 Å². The average Bonchev–Trinajstić information content (AvgIpc) is 3.26. The number of hydrogen-bond donors (Lipinski definition) is 1. The third-order valence-corrected chi connectivity index (χ3v) is 4.53. The van der Waals surface area contributed by atoms with Crippen LogP contribution < -0.4 is 10.1 Å². The summed E-state index contributed by atoms with van der Waals surface area (Å²) in [5.74, 6) is 1.49. The fraction of sp³-hybridized carbons (Fsp3) is 0.412. The molecule has 0 bridgehead atoms. The minimum atomic E-state index is -0.454. The second kappa shape index (κ2) is 5.48. The van der Waals surface area contributed by atoms with Crippen LogP contribution in [0.2, 0.25) is 0 Å². The lowest BCUT2D eigenvalue weighted by molar-refractivity contribution is -0.122. The summed E-state index contributed by atoms with van der Waals surface area (Å²) >= 11 is 0. The highest BCUT2D eigenvalue weighted by Crippen LogP contribution is 2.32. The molecule has 5 nitrogen and oxygen atoms in total. The van der Waals surface area contributed by atoms with Gasteiger partial charge in [-0.25, -0.2) is 4.68 Å². The van der Waals surface area contributed by atoms with Crippen molar-refractivity contribution in [2.24, 2.45) is 0 Å². The van der Waals surface area contributed by atoms with Crippen molar-refractivity contribution >= 4 is 11.7 Å². The smallest absolute Gasteiger partial charge is 0.266 e. The summed E-state index contributed by atoms with van der Waals surface area (Å²) in [5, 5.41) is 7.36. The fourth-order valence-electron chi connectivity index (χ4n) is 3.39. The van der Waals surface area contributed by atoms with Crippen LogP contribution in [0.5, 0.6) is 5.75 Å². The number of carbonyl (C=O) groups is 1. The van der Waals surface area contributed by atoms with Gasteiger partial charge in [-0.1, -0.05) is 31.0 Å². The minimum Gasteiger partial charge on any atom is -0.480 e. The molecule has 1 amide bonds. The molecule has 2 aromatic rings. The van der Waals surface area contributed by atoms with Crippen LogP contribution in [-0.4, -0.2) is 21.8 Å². The minimum absolute atomic E-state index is 0.101. The maximum Gasteiger partial charge on any atom is 0.266 e. The number of aromatic nitrogens is 2. The van der Waals surface area contributed by atoms with Gasteiger partial charge in [-0.05, 0) is 24.5 Å². The van der Waals surface area contributed by atoms with E-state index in [-0.39, 0.29) is 5.91 Å². The van der Waals surface area contributed by atoms with Crippen LogP contribution in [0.4, 0.5) is 5.82 Å². The Morgan fingerprint density at radius 3 is 2.86 bits per heavy atom. The third-order valence-electron chi connectivity index (χ3n) is 4.53. The molecule has 1 saturated carbocycles. The number of fused-ring (bicyclic) bond motifs is 1. The summed E-state index contributed by atoms with van der Waals surface area (Å²) in [6.07, 6.45) is 6.66. The van der Waals surface area contributed by atoms with Crippen LogP contribution in [-0.2, 0) is 11.2 Å². The number of amides is 1. The largest absolute Gasteiger partial charge is 0.480 e. The number of nitrogens with zero attached hydrogens (tertiary/aromatic N) is 2. The van der Waals surface area contributed by atoms with Gasteiger partial charge in [0, 0.05) is 12.5 Å². The number of nitrogens with one attached hydrogen (secondary N) is 1. The first-order valence-corrected chi connectivity index (χ1v) is 7.90. The van der Waals surface area contributed by atoms with Gasteiger partial charge in [0.2, 0.25) is 0 Å². The molecule has 114 valence electrons. The molecule has 22 heavy (non-hydrogen) atoms. The van der Waals surface area contributed by atoms with Crippen LogP contribution in [0.15, 0.2) is 36.5 Å². The first kappa shape index (κ1) is 13.4. The molecule has 4 rings (SSSR count). The van der Waals surface area contributed by atoms with Crippen molar-refractivity contribution < 1.29 is 9.53 Å². The van der Waals surface area contributed by atoms with Crippen LogP contribution in [0.3, 0.4) is 0 Å². The van der Waals surface area contributed by atoms with Crippen LogP contribution in [0, 0.1) is 0 Å². The molecule has 0 saturated heterocycles. The molecule has 1 atom stereocenters. The van der Waals surface area contributed by atoms with Crippen LogP contribution in [0.25, 0.3) is 0 Å². The van der Waals surface area contributed by atoms with Crippen molar-refractivity contribution in [1.29, 1.82) is 0 Å². The summed E-state index contributed by atoms with van der Waals surface area (Å²) in [6, 6.07) is 10.1. The van der Waals surface area contributed by atoms with Crippen molar-refractivity contribution in [2.45, 2.75) is 44.2 Å². The van der Waals surface area contributed by atoms with Crippen molar-refractivity contribution in [3.63, 3.8) is 0 Å². The van der Waals surface area contributed by atoms with E-state index in [9.17, 15) is 4.79 Å². The van der Waals surface area contributed by atoms with Gasteiger partial charge in [0.15, 0.2) is 6.10 Å². The van der Waals surface area contributed by atoms with Gasteiger partial charge in [0.05, 0.1) is 12.2 Å². The van der Waals surface area contributed by atoms with Crippen molar-refractivity contribution in [2.75, 3.05) is 5.32 Å². The quantitative estimate of drug-likeness (QED) is 0.947. The summed E-state index contributed by atoms with van der Waals surface area (Å²) < 4.78 is 7.69. The Morgan fingerprint density at radius 1 is 1.23 bits per heavy atom. The van der Waals surface area contributed by atoms with E-state index in [2.05, 4.69) is 10.4 Å². The van der Waals surface area contributed by atoms with E-state index < -0.39 is 6.10 Å². The first-order valence-electron chi connectivity index (χ1n) is 7.90. The summed E-state index contributed by atoms with van der Waals surface area (Å²) in [6.45, 7) is 0. The standard InChI is InChI=1S/C17H19N3O2/c21-17(15-11-12-5-1-4-8-14(12)22-15)19-16-9-10-18-20(16)13-6-2-3-7-13/h1,4-5,8-10,13,15H,2-3,6-7,11H2,(H,19,21). The summed E-state index contributed by atoms with van der Waals surface area (Å²) in [7, 11) is 0. The first-order chi connectivity index (χ1) is 10.8. The van der Waals surface area contributed by atoms with Gasteiger partial charge < -0.3 is 10.1 Å². The van der Waals surface area contributed by atoms with Crippen molar-refractivity contribution in [3.05, 3.63) is 42.1 Å². The summed E-state index contributed by atoms with van der Waals surface area (Å²) in [5.41, 5.74) is 1.09. The zero-order valence-electron chi connectivity index (χ0n) is 12.4. The Labute approximate surface area is 129 Å². The lowest BCUT2D eigenvalue weighted by Gasteiger charge is -2.16. The van der Waals surface area contributed by atoms with Crippen molar-refractivity contribution in [1.82, 2.24) is 9.78 Å². The molecule has 1 N–H and O–H groups in total. The second-order valence-electron chi connectivity index (χ2n) is 6.01. The maximum absolute atomic E-state index is 12.5. The number of benzene rings is 1. The molecule has 5 heteroatoms. The maximum atomic E-state index is 12.5. The molecule has 2 heterocycles. The molecule has 1 aliphatic carbocycles. The van der Waals surface area contributed by atoms with E-state index in [4.69, 9.17) is 4.74 Å². The fourth-order valence-corrected chi connectivity index (χ4v) is 3.39. The lowest BCUT2D eigenvalue weighted by Crippen LogP contribution is -2.32. The molecule has 1 aliphatic heterocycles. The van der Waals surface area contributed by atoms with E-state index in [1.807, 2.05) is 35.0 Å². The number of hydrogen-bond acceptors (Lipinski definition) is 3. The van der Waals surface area contributed by atoms with Crippen LogP contribution >= 0.6 is 0 Å². The number of rotatable bonds is 3. The van der Waals surface area contributed by atoms with Gasteiger partial charge in [-0.15, -0.1) is 0 Å². The van der Waals surface area contributed by atoms with Gasteiger partial charge in [0.1, 0.15) is 11.6 Å². The Bertz CT molecular complexity index is 664. The number of ether oxygens (including phenoxy) is 1. The van der Waals surface area contributed by atoms with E-state index in [1.54, 1.807) is 6.20 Å². The second-order valence-corrected chi connectivity index (χ2v) is 6.01. The number of para-hydroxylation sites is 1. The van der Waals surface area contributed by atoms with E-state index >= 15 is 0 Å². The zero-order valence-corrected chi connectivity index (χ0v) is 12.4. The highest BCUT2D eigenvalue weighted by Gasteiger charge is 2.30. The Morgan fingerprint density at radius 2 is 2.05 bits per heavy atom. The van der Waals surface area contributed by atoms with Gasteiger partial charge in [-0.3, -0.25) is 4.79 Å². The van der Waals surface area contributed by atoms with Crippen LogP contribution in [0.1, 0.15) is 37.3 Å². The zero-order chi connectivity index (χ0) is 14.9. The molecular formula is C17H19N3O2. The molecular weight excluding hydrogens is 278 g/mol. The lowest BCUT2D eigenvalue weighted by atomic mass is 10.1. The average molecular weight is 297 g/mol. The number of anilines is 1. The Balaban J connectivity index is 1.46. The highest BCUT2D eigenvalue weighted by molar-refractivity contribution is 5.94. The highest BCUT2D eigenvalue weighted by atomic mass is 16.5. The molecule has 1 fully saturated rings. The predicted molar refractivity (Wildman–Crippen MR) is 82.9 cm³/mol. The third kappa shape index (κ3) is 2.36. The predicted octanol–water partition coefficient (Wildman–Crippen LogP) is 2.94. The van der Waals surface area contributed by atoms with E-state index in [0.717, 1.165) is 30.0 Å². The topological polar surface area (TPSA) is 56.2 Å². The van der Waals surface area contributed by atoms with Gasteiger partial charge in [-0.2, -0.15) is 5.10 Å². The SMILES string of the molecule is O=C(Nc1ccnn1C1CCCC1)C1Cc2ccccc2O1. The van der Waals surface area contributed by atoms with Gasteiger partial charge >= 0.3 is 0 Å². The van der Waals surface area contributed by atoms with Crippen molar-refractivity contribution in [3.8, 4) is 5.75 Å². The monoisotopic (exact) mass is 297 g/mol. The normalized spacial score (nSPS) is 20.6. The molecule has 0 spiro atoms. The molecule has 0 radical (unpaired) electrons. The van der Waals surface area contributed by atoms with E-state index in [1.165, 1.54) is 12.8 Å². The molecule has 2 aliphatic rings. The summed E-state index contributed by atoms with van der Waals surface area (Å²) in [4.78, 5) is 12.5. The Hall–Kier alpha value is -2.30. The number of carbonyl (C=O) groups excluding carboxylic acids is 1. The molecule has 1 aromatic carbocycles. The Kier molecular flexibility index (Phi) is 3.33.